The van der Waals surface area contributed by atoms with Crippen molar-refractivity contribution in [1.29, 1.82) is 0 Å². The minimum absolute atomic E-state index is 0.104. The number of carboxylic acid groups (broad SMARTS) is 1. The van der Waals surface area contributed by atoms with E-state index in [2.05, 4.69) is 0 Å². The van der Waals surface area contributed by atoms with E-state index in [0.717, 1.165) is 19.1 Å². The summed E-state index contributed by atoms with van der Waals surface area (Å²) in [6, 6.07) is 5.51. The van der Waals surface area contributed by atoms with Gasteiger partial charge in [-0.05, 0) is 30.9 Å². The topological polar surface area (TPSA) is 91.8 Å². The highest BCUT2D eigenvalue weighted by Crippen LogP contribution is 2.21. The Balaban J connectivity index is 2.24. The number of carbonyl (C=O) groups is 2. The van der Waals surface area contributed by atoms with Crippen molar-refractivity contribution in [3.63, 3.8) is 0 Å². The maximum absolute atomic E-state index is 12.4. The fourth-order valence-electron chi connectivity index (χ4n) is 2.76. The van der Waals surface area contributed by atoms with Crippen molar-refractivity contribution in [3.8, 4) is 0 Å². The van der Waals surface area contributed by atoms with Crippen LogP contribution in [0.5, 0.6) is 0 Å². The second kappa shape index (κ2) is 6.48. The molecule has 1 aliphatic heterocycles. The lowest BCUT2D eigenvalue weighted by atomic mass is 10.0. The van der Waals surface area contributed by atoms with Gasteiger partial charge >= 0.3 is 5.97 Å². The van der Waals surface area contributed by atoms with Crippen molar-refractivity contribution in [2.45, 2.75) is 36.6 Å². The first kappa shape index (κ1) is 16.5. The first-order valence-corrected chi connectivity index (χ1v) is 9.00. The fourth-order valence-corrected chi connectivity index (χ4v) is 3.71. The standard InChI is InChI=1S/C15H19NO5S/c1-22(20,21)13-8-3-2-6-11(13)10-14(17)16-9-5-4-7-12(16)15(18)19/h2-3,6,8,12H,4-5,7,9-10H2,1H3,(H,18,19)/t12-/m1/s1. The molecule has 0 unspecified atom stereocenters. The SMILES string of the molecule is CS(=O)(=O)c1ccccc1CC(=O)N1CCCC[C@@H]1C(=O)O. The molecule has 1 aromatic rings. The van der Waals surface area contributed by atoms with Crippen LogP contribution in [0.1, 0.15) is 24.8 Å². The second-order valence-corrected chi connectivity index (χ2v) is 7.48. The lowest BCUT2D eigenvalue weighted by Crippen LogP contribution is -2.48. The normalized spacial score (nSPS) is 19.0. The average Bonchev–Trinajstić information content (AvgIpc) is 2.46. The Labute approximate surface area is 129 Å². The summed E-state index contributed by atoms with van der Waals surface area (Å²) in [7, 11) is -3.43. The van der Waals surface area contributed by atoms with Crippen molar-refractivity contribution < 1.29 is 23.1 Å². The van der Waals surface area contributed by atoms with Crippen molar-refractivity contribution in [1.82, 2.24) is 4.90 Å². The third-order valence-corrected chi connectivity index (χ3v) is 5.02. The molecule has 1 saturated heterocycles. The van der Waals surface area contributed by atoms with Crippen LogP contribution in [0.3, 0.4) is 0 Å². The maximum Gasteiger partial charge on any atom is 0.326 e. The molecule has 1 aromatic carbocycles. The second-order valence-electron chi connectivity index (χ2n) is 5.49. The van der Waals surface area contributed by atoms with E-state index in [-0.39, 0.29) is 17.2 Å². The average molecular weight is 325 g/mol. The van der Waals surface area contributed by atoms with Gasteiger partial charge in [-0.25, -0.2) is 13.2 Å². The Bertz CT molecular complexity index is 683. The zero-order valence-corrected chi connectivity index (χ0v) is 13.2. The molecule has 7 heteroatoms. The molecule has 0 saturated carbocycles. The summed E-state index contributed by atoms with van der Waals surface area (Å²) in [6.07, 6.45) is 2.98. The molecule has 1 fully saturated rings. The van der Waals surface area contributed by atoms with E-state index in [4.69, 9.17) is 0 Å². The summed E-state index contributed by atoms with van der Waals surface area (Å²) < 4.78 is 23.5. The third-order valence-electron chi connectivity index (χ3n) is 3.82. The molecule has 1 atom stereocenters. The van der Waals surface area contributed by atoms with Gasteiger partial charge < -0.3 is 10.0 Å². The predicted octanol–water partition coefficient (Wildman–Crippen LogP) is 1.10. The van der Waals surface area contributed by atoms with E-state index in [0.29, 0.717) is 18.5 Å². The predicted molar refractivity (Wildman–Crippen MR) is 80.2 cm³/mol. The van der Waals surface area contributed by atoms with Crippen LogP contribution in [0, 0.1) is 0 Å². The molecule has 2 rings (SSSR count). The molecule has 6 nitrogen and oxygen atoms in total. The van der Waals surface area contributed by atoms with Crippen LogP contribution in [0.4, 0.5) is 0 Å². The Morgan fingerprint density at radius 2 is 1.95 bits per heavy atom. The van der Waals surface area contributed by atoms with Crippen LogP contribution in [0.25, 0.3) is 0 Å². The summed E-state index contributed by atoms with van der Waals surface area (Å²) in [4.78, 5) is 25.2. The largest absolute Gasteiger partial charge is 0.480 e. The molecule has 1 heterocycles. The number of amides is 1. The molecule has 0 bridgehead atoms. The van der Waals surface area contributed by atoms with Crippen molar-refractivity contribution in [2.24, 2.45) is 0 Å². The summed E-state index contributed by atoms with van der Waals surface area (Å²) in [6.45, 7) is 0.400. The van der Waals surface area contributed by atoms with Crippen LogP contribution < -0.4 is 0 Å². The molecule has 1 N–H and O–H groups in total. The van der Waals surface area contributed by atoms with Crippen LogP contribution in [0.15, 0.2) is 29.2 Å². The molecule has 0 spiro atoms. The summed E-state index contributed by atoms with van der Waals surface area (Å²) in [5.41, 5.74) is 0.407. The van der Waals surface area contributed by atoms with Gasteiger partial charge in [0.25, 0.3) is 0 Å². The molecule has 0 aromatic heterocycles. The van der Waals surface area contributed by atoms with Gasteiger partial charge in [0.05, 0.1) is 11.3 Å². The third kappa shape index (κ3) is 3.65. The van der Waals surface area contributed by atoms with Gasteiger partial charge in [0.2, 0.25) is 5.91 Å². The summed E-state index contributed by atoms with van der Waals surface area (Å²) in [5.74, 6) is -1.35. The van der Waals surface area contributed by atoms with Crippen molar-refractivity contribution >= 4 is 21.7 Å². The fraction of sp³-hybridized carbons (Fsp3) is 0.467. The maximum atomic E-state index is 12.4. The number of nitrogens with zero attached hydrogens (tertiary/aromatic N) is 1. The number of piperidine rings is 1. The quantitative estimate of drug-likeness (QED) is 0.895. The van der Waals surface area contributed by atoms with E-state index < -0.39 is 21.8 Å². The van der Waals surface area contributed by atoms with E-state index in [9.17, 15) is 23.1 Å². The van der Waals surface area contributed by atoms with Crippen LogP contribution in [-0.2, 0) is 25.8 Å². The van der Waals surface area contributed by atoms with Crippen LogP contribution in [0.2, 0.25) is 0 Å². The van der Waals surface area contributed by atoms with E-state index in [1.807, 2.05) is 0 Å². The zero-order valence-electron chi connectivity index (χ0n) is 12.4. The number of carboxylic acids is 1. The number of aliphatic carboxylic acids is 1. The highest BCUT2D eigenvalue weighted by atomic mass is 32.2. The molecule has 1 amide bonds. The lowest BCUT2D eigenvalue weighted by Gasteiger charge is -2.33. The minimum Gasteiger partial charge on any atom is -0.480 e. The summed E-state index contributed by atoms with van der Waals surface area (Å²) >= 11 is 0. The molecule has 1 aliphatic rings. The molecular weight excluding hydrogens is 306 g/mol. The van der Waals surface area contributed by atoms with Gasteiger partial charge in [0.1, 0.15) is 6.04 Å². The number of likely N-dealkylation sites (tertiary alicyclic amines) is 1. The number of hydrogen-bond acceptors (Lipinski definition) is 4. The van der Waals surface area contributed by atoms with E-state index >= 15 is 0 Å². The van der Waals surface area contributed by atoms with E-state index in [1.165, 1.54) is 11.0 Å². The number of hydrogen-bond donors (Lipinski definition) is 1. The molecule has 0 radical (unpaired) electrons. The van der Waals surface area contributed by atoms with Crippen molar-refractivity contribution in [3.05, 3.63) is 29.8 Å². The van der Waals surface area contributed by atoms with Gasteiger partial charge in [-0.3, -0.25) is 4.79 Å². The number of benzene rings is 1. The highest BCUT2D eigenvalue weighted by molar-refractivity contribution is 7.90. The highest BCUT2D eigenvalue weighted by Gasteiger charge is 2.32. The van der Waals surface area contributed by atoms with Gasteiger partial charge in [-0.15, -0.1) is 0 Å². The first-order chi connectivity index (χ1) is 10.3. The molecular formula is C15H19NO5S. The number of sulfone groups is 1. The van der Waals surface area contributed by atoms with Gasteiger partial charge in [0.15, 0.2) is 9.84 Å². The van der Waals surface area contributed by atoms with Gasteiger partial charge in [0, 0.05) is 12.8 Å². The Hall–Kier alpha value is -1.89. The summed E-state index contributed by atoms with van der Waals surface area (Å²) in [5, 5.41) is 9.22. The monoisotopic (exact) mass is 325 g/mol. The number of rotatable bonds is 4. The van der Waals surface area contributed by atoms with E-state index in [1.54, 1.807) is 18.2 Å². The Morgan fingerprint density at radius 1 is 1.27 bits per heavy atom. The molecule has 120 valence electrons. The van der Waals surface area contributed by atoms with Gasteiger partial charge in [-0.2, -0.15) is 0 Å². The zero-order chi connectivity index (χ0) is 16.3. The van der Waals surface area contributed by atoms with Crippen molar-refractivity contribution in [2.75, 3.05) is 12.8 Å². The molecule has 0 aliphatic carbocycles. The molecule has 22 heavy (non-hydrogen) atoms. The lowest BCUT2D eigenvalue weighted by molar-refractivity contribution is -0.151. The van der Waals surface area contributed by atoms with Gasteiger partial charge in [-0.1, -0.05) is 18.2 Å². The first-order valence-electron chi connectivity index (χ1n) is 7.11. The van der Waals surface area contributed by atoms with Crippen LogP contribution >= 0.6 is 0 Å². The van der Waals surface area contributed by atoms with Crippen LogP contribution in [-0.4, -0.2) is 49.1 Å². The minimum atomic E-state index is -3.43. The smallest absolute Gasteiger partial charge is 0.326 e. The Morgan fingerprint density at radius 3 is 2.59 bits per heavy atom. The Kier molecular flexibility index (Phi) is 4.85. The number of carbonyl (C=O) groups excluding carboxylic acids is 1.